The first-order chi connectivity index (χ1) is 12.7. The number of nitrogens with zero attached hydrogens (tertiary/aromatic N) is 2. The molecular formula is C20H16N2O4. The number of aryl methyl sites for hydroxylation is 1. The second-order valence-corrected chi connectivity index (χ2v) is 5.84. The van der Waals surface area contributed by atoms with Gasteiger partial charge in [0.05, 0.1) is 6.61 Å². The highest BCUT2D eigenvalue weighted by Gasteiger charge is 2.17. The third-order valence-electron chi connectivity index (χ3n) is 3.99. The zero-order valence-corrected chi connectivity index (χ0v) is 14.4. The molecular weight excluding hydrogens is 332 g/mol. The summed E-state index contributed by atoms with van der Waals surface area (Å²) in [6, 6.07) is 14.8. The van der Waals surface area contributed by atoms with Gasteiger partial charge in [0.25, 0.3) is 5.89 Å². The molecule has 0 spiro atoms. The molecule has 6 heteroatoms. The molecule has 0 N–H and O–H groups in total. The van der Waals surface area contributed by atoms with E-state index in [2.05, 4.69) is 10.1 Å². The van der Waals surface area contributed by atoms with Crippen molar-refractivity contribution in [1.29, 1.82) is 0 Å². The number of hydrogen-bond donors (Lipinski definition) is 0. The summed E-state index contributed by atoms with van der Waals surface area (Å²) >= 11 is 0. The highest BCUT2D eigenvalue weighted by atomic mass is 16.5. The van der Waals surface area contributed by atoms with Gasteiger partial charge in [-0.2, -0.15) is 4.98 Å². The summed E-state index contributed by atoms with van der Waals surface area (Å²) in [6.45, 7) is 4.35. The van der Waals surface area contributed by atoms with Crippen molar-refractivity contribution >= 4 is 11.0 Å². The van der Waals surface area contributed by atoms with Crippen LogP contribution in [0.4, 0.5) is 0 Å². The van der Waals surface area contributed by atoms with Gasteiger partial charge in [0.1, 0.15) is 5.56 Å². The van der Waals surface area contributed by atoms with Crippen LogP contribution >= 0.6 is 0 Å². The Morgan fingerprint density at radius 1 is 1.12 bits per heavy atom. The fourth-order valence-corrected chi connectivity index (χ4v) is 2.69. The molecule has 0 aliphatic heterocycles. The summed E-state index contributed by atoms with van der Waals surface area (Å²) < 4.78 is 16.3. The predicted molar refractivity (Wildman–Crippen MR) is 97.1 cm³/mol. The number of fused-ring (bicyclic) bond motifs is 1. The van der Waals surface area contributed by atoms with E-state index in [-0.39, 0.29) is 11.5 Å². The molecule has 0 atom stereocenters. The first-order valence-electron chi connectivity index (χ1n) is 8.26. The Hall–Kier alpha value is -3.41. The lowest BCUT2D eigenvalue weighted by Gasteiger charge is -2.05. The maximum absolute atomic E-state index is 12.4. The molecule has 0 unspecified atom stereocenters. The second-order valence-electron chi connectivity index (χ2n) is 5.84. The van der Waals surface area contributed by atoms with E-state index >= 15 is 0 Å². The van der Waals surface area contributed by atoms with Crippen LogP contribution in [0.25, 0.3) is 33.8 Å². The van der Waals surface area contributed by atoms with E-state index in [1.807, 2.05) is 50.2 Å². The predicted octanol–water partition coefficient (Wildman–Crippen LogP) is 4.22. The molecule has 2 aromatic carbocycles. The van der Waals surface area contributed by atoms with Crippen molar-refractivity contribution in [2.75, 3.05) is 6.61 Å². The molecule has 0 aliphatic carbocycles. The van der Waals surface area contributed by atoms with E-state index in [1.165, 1.54) is 0 Å². The number of para-hydroxylation sites is 1. The molecule has 0 saturated heterocycles. The van der Waals surface area contributed by atoms with E-state index in [1.54, 1.807) is 12.1 Å². The van der Waals surface area contributed by atoms with Gasteiger partial charge >= 0.3 is 5.63 Å². The molecule has 0 bridgehead atoms. The normalized spacial score (nSPS) is 11.0. The van der Waals surface area contributed by atoms with Crippen LogP contribution < -0.4 is 10.4 Å². The SMILES string of the molecule is CCOc1cccc2cc(-c3nc(-c4ccc(C)cc4)no3)c(=O)oc12. The number of rotatable bonds is 4. The Morgan fingerprint density at radius 2 is 1.92 bits per heavy atom. The maximum atomic E-state index is 12.4. The van der Waals surface area contributed by atoms with Gasteiger partial charge in [0, 0.05) is 10.9 Å². The van der Waals surface area contributed by atoms with Crippen LogP contribution in [0, 0.1) is 6.92 Å². The molecule has 2 aromatic heterocycles. The number of ether oxygens (including phenoxy) is 1. The molecule has 2 heterocycles. The van der Waals surface area contributed by atoms with Crippen molar-refractivity contribution in [2.24, 2.45) is 0 Å². The van der Waals surface area contributed by atoms with Crippen LogP contribution in [0.5, 0.6) is 5.75 Å². The van der Waals surface area contributed by atoms with E-state index in [4.69, 9.17) is 13.7 Å². The smallest absolute Gasteiger partial charge is 0.349 e. The molecule has 0 radical (unpaired) electrons. The largest absolute Gasteiger partial charge is 0.490 e. The van der Waals surface area contributed by atoms with Crippen LogP contribution in [0.3, 0.4) is 0 Å². The summed E-state index contributed by atoms with van der Waals surface area (Å²) in [7, 11) is 0. The van der Waals surface area contributed by atoms with Crippen molar-refractivity contribution in [1.82, 2.24) is 10.1 Å². The minimum Gasteiger partial charge on any atom is -0.490 e. The number of aromatic nitrogens is 2. The Balaban J connectivity index is 1.79. The highest BCUT2D eigenvalue weighted by Crippen LogP contribution is 2.28. The van der Waals surface area contributed by atoms with Crippen LogP contribution in [0.1, 0.15) is 12.5 Å². The molecule has 4 rings (SSSR count). The lowest BCUT2D eigenvalue weighted by atomic mass is 10.1. The summed E-state index contributed by atoms with van der Waals surface area (Å²) in [4.78, 5) is 16.8. The molecule has 0 aliphatic rings. The Bertz CT molecular complexity index is 1130. The fraction of sp³-hybridized carbons (Fsp3) is 0.150. The minimum absolute atomic E-state index is 0.123. The molecule has 26 heavy (non-hydrogen) atoms. The van der Waals surface area contributed by atoms with Gasteiger partial charge in [-0.1, -0.05) is 47.1 Å². The van der Waals surface area contributed by atoms with Crippen LogP contribution in [-0.2, 0) is 0 Å². The van der Waals surface area contributed by atoms with Gasteiger partial charge in [-0.25, -0.2) is 4.79 Å². The average Bonchev–Trinajstić information content (AvgIpc) is 3.12. The standard InChI is InChI=1S/C20H16N2O4/c1-3-24-16-6-4-5-14-11-15(20(23)25-17(14)16)19-21-18(22-26-19)13-9-7-12(2)8-10-13/h4-11H,3H2,1-2H3. The van der Waals surface area contributed by atoms with E-state index in [0.29, 0.717) is 23.8 Å². The van der Waals surface area contributed by atoms with Gasteiger partial charge in [0.15, 0.2) is 11.3 Å². The van der Waals surface area contributed by atoms with E-state index < -0.39 is 5.63 Å². The summed E-state index contributed by atoms with van der Waals surface area (Å²) in [5.41, 5.74) is 2.02. The molecule has 0 saturated carbocycles. The van der Waals surface area contributed by atoms with Gasteiger partial charge < -0.3 is 13.7 Å². The monoisotopic (exact) mass is 348 g/mol. The summed E-state index contributed by atoms with van der Waals surface area (Å²) in [6.07, 6.45) is 0. The number of benzene rings is 2. The Labute approximate surface area is 149 Å². The average molecular weight is 348 g/mol. The minimum atomic E-state index is -0.552. The Morgan fingerprint density at radius 3 is 2.69 bits per heavy atom. The molecule has 130 valence electrons. The Kier molecular flexibility index (Phi) is 4.01. The zero-order chi connectivity index (χ0) is 18.1. The fourth-order valence-electron chi connectivity index (χ4n) is 2.69. The molecule has 0 fully saturated rings. The van der Waals surface area contributed by atoms with Crippen molar-refractivity contribution < 1.29 is 13.7 Å². The van der Waals surface area contributed by atoms with Crippen molar-refractivity contribution in [3.8, 4) is 28.6 Å². The lowest BCUT2D eigenvalue weighted by molar-refractivity contribution is 0.337. The van der Waals surface area contributed by atoms with Crippen LogP contribution in [0.2, 0.25) is 0 Å². The second kappa shape index (κ2) is 6.48. The first-order valence-corrected chi connectivity index (χ1v) is 8.26. The van der Waals surface area contributed by atoms with Crippen LogP contribution in [-0.4, -0.2) is 16.7 Å². The molecule has 4 aromatic rings. The lowest BCUT2D eigenvalue weighted by Crippen LogP contribution is -2.04. The van der Waals surface area contributed by atoms with Crippen LogP contribution in [0.15, 0.2) is 62.3 Å². The van der Waals surface area contributed by atoms with Gasteiger partial charge in [-0.3, -0.25) is 0 Å². The quantitative estimate of drug-likeness (QED) is 0.514. The zero-order valence-electron chi connectivity index (χ0n) is 14.4. The highest BCUT2D eigenvalue weighted by molar-refractivity contribution is 5.85. The summed E-state index contributed by atoms with van der Waals surface area (Å²) in [5, 5.41) is 4.69. The molecule has 6 nitrogen and oxygen atoms in total. The van der Waals surface area contributed by atoms with Crippen molar-refractivity contribution in [3.05, 3.63) is 64.5 Å². The van der Waals surface area contributed by atoms with Crippen molar-refractivity contribution in [2.45, 2.75) is 13.8 Å². The molecule has 0 amide bonds. The van der Waals surface area contributed by atoms with E-state index in [9.17, 15) is 4.79 Å². The number of hydrogen-bond acceptors (Lipinski definition) is 6. The van der Waals surface area contributed by atoms with Gasteiger partial charge in [-0.15, -0.1) is 0 Å². The van der Waals surface area contributed by atoms with Crippen molar-refractivity contribution in [3.63, 3.8) is 0 Å². The third kappa shape index (κ3) is 2.86. The maximum Gasteiger partial charge on any atom is 0.349 e. The topological polar surface area (TPSA) is 78.4 Å². The first kappa shape index (κ1) is 16.1. The van der Waals surface area contributed by atoms with Gasteiger partial charge in [0.2, 0.25) is 5.82 Å². The summed E-state index contributed by atoms with van der Waals surface area (Å²) in [5.74, 6) is 1.07. The third-order valence-corrected chi connectivity index (χ3v) is 3.99. The van der Waals surface area contributed by atoms with E-state index in [0.717, 1.165) is 16.5 Å². The van der Waals surface area contributed by atoms with Gasteiger partial charge in [-0.05, 0) is 26.0 Å².